The van der Waals surface area contributed by atoms with Crippen molar-refractivity contribution in [2.75, 3.05) is 17.7 Å². The van der Waals surface area contributed by atoms with Crippen LogP contribution < -0.4 is 11.1 Å². The van der Waals surface area contributed by atoms with Crippen LogP contribution in [0.4, 0.5) is 5.69 Å². The van der Waals surface area contributed by atoms with Gasteiger partial charge in [0, 0.05) is 11.8 Å². The van der Waals surface area contributed by atoms with Gasteiger partial charge < -0.3 is 11.1 Å². The van der Waals surface area contributed by atoms with Crippen LogP contribution in [0.2, 0.25) is 0 Å². The van der Waals surface area contributed by atoms with Crippen LogP contribution in [0, 0.1) is 6.92 Å². The minimum absolute atomic E-state index is 0.0943. The molecule has 0 saturated carbocycles. The Morgan fingerprint density at radius 1 is 1.65 bits per heavy atom. The summed E-state index contributed by atoms with van der Waals surface area (Å²) in [4.78, 5) is 16.1. The summed E-state index contributed by atoms with van der Waals surface area (Å²) in [6.07, 6.45) is 4.51. The summed E-state index contributed by atoms with van der Waals surface area (Å²) in [5.41, 5.74) is 7.42. The number of rotatable bonds is 5. The predicted octanol–water partition coefficient (Wildman–Crippen LogP) is 1.84. The van der Waals surface area contributed by atoms with Gasteiger partial charge in [-0.15, -0.1) is 0 Å². The van der Waals surface area contributed by atoms with E-state index in [2.05, 4.69) is 17.2 Å². The normalized spacial score (nSPS) is 12.2. The fourth-order valence-corrected chi connectivity index (χ4v) is 2.23. The lowest BCUT2D eigenvalue weighted by Crippen LogP contribution is -2.36. The zero-order valence-electron chi connectivity index (χ0n) is 10.5. The third kappa shape index (κ3) is 3.93. The summed E-state index contributed by atoms with van der Waals surface area (Å²) in [6, 6.07) is 1.86. The number of pyridine rings is 1. The number of carbonyl (C=O) groups is 1. The molecule has 0 aromatic carbocycles. The number of nitrogens with two attached hydrogens (primary N) is 1. The van der Waals surface area contributed by atoms with Crippen molar-refractivity contribution in [2.24, 2.45) is 0 Å². The number of hydrogen-bond donors (Lipinski definition) is 2. The molecule has 1 rings (SSSR count). The molecule has 1 amide bonds. The Labute approximate surface area is 106 Å². The molecule has 0 bridgehead atoms. The summed E-state index contributed by atoms with van der Waals surface area (Å²) >= 11 is 1.72. The van der Waals surface area contributed by atoms with E-state index in [0.29, 0.717) is 16.9 Å². The Morgan fingerprint density at radius 2 is 2.35 bits per heavy atom. The van der Waals surface area contributed by atoms with Gasteiger partial charge in [-0.1, -0.05) is 6.92 Å². The maximum Gasteiger partial charge on any atom is 0.253 e. The molecule has 0 spiro atoms. The molecule has 94 valence electrons. The van der Waals surface area contributed by atoms with E-state index >= 15 is 0 Å². The van der Waals surface area contributed by atoms with Crippen LogP contribution in [0.3, 0.4) is 0 Å². The van der Waals surface area contributed by atoms with Crippen molar-refractivity contribution in [2.45, 2.75) is 26.3 Å². The first-order valence-corrected chi connectivity index (χ1v) is 6.99. The molecule has 0 aliphatic heterocycles. The topological polar surface area (TPSA) is 68.0 Å². The summed E-state index contributed by atoms with van der Waals surface area (Å²) in [5, 5.41) is 3.00. The van der Waals surface area contributed by atoms with Gasteiger partial charge in [-0.05, 0) is 25.7 Å². The minimum atomic E-state index is -0.0943. The van der Waals surface area contributed by atoms with E-state index in [4.69, 9.17) is 5.73 Å². The molecule has 0 saturated heterocycles. The molecule has 3 N–H and O–H groups in total. The second-order valence-electron chi connectivity index (χ2n) is 3.94. The van der Waals surface area contributed by atoms with Crippen molar-refractivity contribution >= 4 is 23.4 Å². The Hall–Kier alpha value is -1.23. The van der Waals surface area contributed by atoms with E-state index in [-0.39, 0.29) is 11.9 Å². The molecule has 0 aliphatic carbocycles. The van der Waals surface area contributed by atoms with E-state index in [9.17, 15) is 4.79 Å². The Bertz CT molecular complexity index is 395. The van der Waals surface area contributed by atoms with E-state index in [1.807, 2.05) is 13.2 Å². The Morgan fingerprint density at radius 3 is 2.94 bits per heavy atom. The van der Waals surface area contributed by atoms with Crippen molar-refractivity contribution < 1.29 is 4.79 Å². The van der Waals surface area contributed by atoms with Gasteiger partial charge in [0.25, 0.3) is 5.91 Å². The zero-order chi connectivity index (χ0) is 12.8. The van der Waals surface area contributed by atoms with Crippen molar-refractivity contribution in [1.29, 1.82) is 0 Å². The number of anilines is 1. The molecule has 17 heavy (non-hydrogen) atoms. The van der Waals surface area contributed by atoms with Crippen molar-refractivity contribution in [1.82, 2.24) is 10.3 Å². The maximum atomic E-state index is 12.0. The number of aryl methyl sites for hydroxylation is 1. The van der Waals surface area contributed by atoms with Gasteiger partial charge in [0.1, 0.15) is 0 Å². The van der Waals surface area contributed by atoms with E-state index < -0.39 is 0 Å². The van der Waals surface area contributed by atoms with Crippen LogP contribution in [0.1, 0.15) is 29.4 Å². The lowest BCUT2D eigenvalue weighted by atomic mass is 10.1. The van der Waals surface area contributed by atoms with E-state index in [1.54, 1.807) is 24.0 Å². The first kappa shape index (κ1) is 13.8. The predicted molar refractivity (Wildman–Crippen MR) is 73.3 cm³/mol. The second-order valence-corrected chi connectivity index (χ2v) is 4.85. The lowest BCUT2D eigenvalue weighted by Gasteiger charge is -2.16. The second kappa shape index (κ2) is 6.49. The van der Waals surface area contributed by atoms with Crippen LogP contribution in [0.25, 0.3) is 0 Å². The summed E-state index contributed by atoms with van der Waals surface area (Å²) < 4.78 is 0. The summed E-state index contributed by atoms with van der Waals surface area (Å²) in [7, 11) is 0. The number of thioether (sulfide) groups is 1. The summed E-state index contributed by atoms with van der Waals surface area (Å²) in [6.45, 7) is 3.87. The number of nitrogens with zero attached hydrogens (tertiary/aromatic N) is 1. The third-order valence-electron chi connectivity index (χ3n) is 2.55. The Balaban J connectivity index is 2.78. The monoisotopic (exact) mass is 253 g/mol. The fraction of sp³-hybridized carbons (Fsp3) is 0.500. The molecule has 0 radical (unpaired) electrons. The molecule has 1 unspecified atom stereocenters. The number of nitrogen functional groups attached to an aromatic ring is 1. The quantitative estimate of drug-likeness (QED) is 0.840. The van der Waals surface area contributed by atoms with Crippen molar-refractivity contribution in [3.63, 3.8) is 0 Å². The minimum Gasteiger partial charge on any atom is -0.397 e. The highest BCUT2D eigenvalue weighted by atomic mass is 32.2. The van der Waals surface area contributed by atoms with Crippen LogP contribution in [0.5, 0.6) is 0 Å². The first-order valence-electron chi connectivity index (χ1n) is 5.60. The lowest BCUT2D eigenvalue weighted by molar-refractivity contribution is 0.0939. The van der Waals surface area contributed by atoms with Gasteiger partial charge in [-0.3, -0.25) is 9.78 Å². The van der Waals surface area contributed by atoms with Gasteiger partial charge >= 0.3 is 0 Å². The average molecular weight is 253 g/mol. The van der Waals surface area contributed by atoms with Crippen LogP contribution in [0.15, 0.2) is 12.3 Å². The first-order chi connectivity index (χ1) is 8.08. The number of nitrogens with one attached hydrogen (secondary N) is 1. The largest absolute Gasteiger partial charge is 0.397 e. The van der Waals surface area contributed by atoms with Crippen LogP contribution >= 0.6 is 11.8 Å². The number of amides is 1. The average Bonchev–Trinajstić information content (AvgIpc) is 2.31. The van der Waals surface area contributed by atoms with Crippen molar-refractivity contribution in [3.05, 3.63) is 23.5 Å². The van der Waals surface area contributed by atoms with Gasteiger partial charge in [-0.2, -0.15) is 11.8 Å². The molecule has 0 fully saturated rings. The third-order valence-corrected chi connectivity index (χ3v) is 3.28. The molecule has 0 aliphatic rings. The number of hydrogen-bond acceptors (Lipinski definition) is 4. The fourth-order valence-electron chi connectivity index (χ4n) is 1.51. The zero-order valence-corrected chi connectivity index (χ0v) is 11.3. The van der Waals surface area contributed by atoms with E-state index in [1.165, 1.54) is 0 Å². The van der Waals surface area contributed by atoms with Crippen LogP contribution in [-0.4, -0.2) is 28.9 Å². The highest BCUT2D eigenvalue weighted by Crippen LogP contribution is 2.10. The number of aromatic nitrogens is 1. The highest BCUT2D eigenvalue weighted by Gasteiger charge is 2.14. The molecule has 1 atom stereocenters. The molecule has 1 aromatic heterocycles. The van der Waals surface area contributed by atoms with E-state index in [0.717, 1.165) is 12.2 Å². The molecule has 1 heterocycles. The summed E-state index contributed by atoms with van der Waals surface area (Å²) in [5.74, 6) is 0.819. The highest BCUT2D eigenvalue weighted by molar-refractivity contribution is 7.98. The SMILES string of the molecule is CCC(CSC)NC(=O)c1cc(N)cnc1C. The van der Waals surface area contributed by atoms with Gasteiger partial charge in [0.05, 0.1) is 23.1 Å². The van der Waals surface area contributed by atoms with Crippen molar-refractivity contribution in [3.8, 4) is 0 Å². The van der Waals surface area contributed by atoms with Crippen LogP contribution in [-0.2, 0) is 0 Å². The molecule has 1 aromatic rings. The van der Waals surface area contributed by atoms with Gasteiger partial charge in [-0.25, -0.2) is 0 Å². The van der Waals surface area contributed by atoms with Gasteiger partial charge in [0.15, 0.2) is 0 Å². The van der Waals surface area contributed by atoms with Gasteiger partial charge in [0.2, 0.25) is 0 Å². The Kier molecular flexibility index (Phi) is 5.28. The molecular weight excluding hydrogens is 234 g/mol. The molecular formula is C12H19N3OS. The standard InChI is InChI=1S/C12H19N3OS/c1-4-10(7-17-3)15-12(16)11-5-9(13)6-14-8(11)2/h5-6,10H,4,7,13H2,1-3H3,(H,15,16). The smallest absolute Gasteiger partial charge is 0.253 e. The molecule has 4 nitrogen and oxygen atoms in total. The number of carbonyl (C=O) groups excluding carboxylic acids is 1. The maximum absolute atomic E-state index is 12.0. The molecule has 5 heteroatoms.